The van der Waals surface area contributed by atoms with Gasteiger partial charge in [-0.3, -0.25) is 0 Å². The summed E-state index contributed by atoms with van der Waals surface area (Å²) in [4.78, 5) is 0. The van der Waals surface area contributed by atoms with E-state index in [1.54, 1.807) is 6.07 Å². The van der Waals surface area contributed by atoms with Crippen molar-refractivity contribution in [3.05, 3.63) is 29.8 Å². The van der Waals surface area contributed by atoms with Crippen LogP contribution in [-0.4, -0.2) is 5.11 Å². The SMILES string of the molecule is CC1CCCC(c2ccccc2O)C1. The molecule has 1 N–H and O–H groups in total. The van der Waals surface area contributed by atoms with Crippen LogP contribution in [0.25, 0.3) is 0 Å². The molecule has 2 rings (SSSR count). The second kappa shape index (κ2) is 4.04. The van der Waals surface area contributed by atoms with Gasteiger partial charge >= 0.3 is 0 Å². The van der Waals surface area contributed by atoms with Crippen molar-refractivity contribution < 1.29 is 5.11 Å². The van der Waals surface area contributed by atoms with Gasteiger partial charge in [-0.05, 0) is 36.3 Å². The highest BCUT2D eigenvalue weighted by molar-refractivity contribution is 5.35. The molecule has 14 heavy (non-hydrogen) atoms. The lowest BCUT2D eigenvalue weighted by Gasteiger charge is -2.27. The third kappa shape index (κ3) is 1.92. The zero-order chi connectivity index (χ0) is 9.97. The van der Waals surface area contributed by atoms with Crippen molar-refractivity contribution in [2.24, 2.45) is 5.92 Å². The van der Waals surface area contributed by atoms with Gasteiger partial charge in [0.15, 0.2) is 0 Å². The molecular weight excluding hydrogens is 172 g/mol. The average molecular weight is 190 g/mol. The lowest BCUT2D eigenvalue weighted by Crippen LogP contribution is -2.11. The Morgan fingerprint density at radius 3 is 2.71 bits per heavy atom. The Kier molecular flexibility index (Phi) is 2.76. The van der Waals surface area contributed by atoms with E-state index < -0.39 is 0 Å². The fraction of sp³-hybridized carbons (Fsp3) is 0.538. The molecule has 0 spiro atoms. The molecule has 1 saturated carbocycles. The normalized spacial score (nSPS) is 27.5. The van der Waals surface area contributed by atoms with E-state index in [0.29, 0.717) is 11.7 Å². The Morgan fingerprint density at radius 2 is 2.00 bits per heavy atom. The van der Waals surface area contributed by atoms with E-state index in [9.17, 15) is 5.11 Å². The molecule has 0 aromatic heterocycles. The zero-order valence-corrected chi connectivity index (χ0v) is 8.74. The second-order valence-electron chi connectivity index (χ2n) is 4.53. The van der Waals surface area contributed by atoms with Crippen LogP contribution < -0.4 is 0 Å². The molecule has 0 heterocycles. The zero-order valence-electron chi connectivity index (χ0n) is 8.74. The number of rotatable bonds is 1. The van der Waals surface area contributed by atoms with Gasteiger partial charge < -0.3 is 5.11 Å². The molecule has 0 aliphatic heterocycles. The molecule has 1 nitrogen and oxygen atoms in total. The van der Waals surface area contributed by atoms with Crippen molar-refractivity contribution in [3.8, 4) is 5.75 Å². The van der Waals surface area contributed by atoms with Gasteiger partial charge in [0.2, 0.25) is 0 Å². The van der Waals surface area contributed by atoms with E-state index in [1.807, 2.05) is 12.1 Å². The number of aromatic hydroxyl groups is 1. The first-order chi connectivity index (χ1) is 6.77. The fourth-order valence-corrected chi connectivity index (χ4v) is 2.55. The Labute approximate surface area is 85.8 Å². The van der Waals surface area contributed by atoms with E-state index in [0.717, 1.165) is 11.5 Å². The van der Waals surface area contributed by atoms with Crippen LogP contribution in [0, 0.1) is 5.92 Å². The number of hydrogen-bond donors (Lipinski definition) is 1. The van der Waals surface area contributed by atoms with Crippen molar-refractivity contribution >= 4 is 0 Å². The van der Waals surface area contributed by atoms with Crippen LogP contribution >= 0.6 is 0 Å². The molecule has 1 fully saturated rings. The van der Waals surface area contributed by atoms with E-state index in [-0.39, 0.29) is 0 Å². The van der Waals surface area contributed by atoms with E-state index in [2.05, 4.69) is 13.0 Å². The van der Waals surface area contributed by atoms with Gasteiger partial charge in [-0.15, -0.1) is 0 Å². The minimum absolute atomic E-state index is 0.478. The van der Waals surface area contributed by atoms with Crippen LogP contribution in [0.15, 0.2) is 24.3 Å². The first-order valence-corrected chi connectivity index (χ1v) is 5.55. The Hall–Kier alpha value is -0.980. The van der Waals surface area contributed by atoms with E-state index in [1.165, 1.54) is 25.7 Å². The van der Waals surface area contributed by atoms with Gasteiger partial charge in [-0.2, -0.15) is 0 Å². The molecule has 76 valence electrons. The summed E-state index contributed by atoms with van der Waals surface area (Å²) in [5, 5.41) is 9.75. The van der Waals surface area contributed by atoms with Gasteiger partial charge in [0, 0.05) is 0 Å². The lowest BCUT2D eigenvalue weighted by molar-refractivity contribution is 0.336. The van der Waals surface area contributed by atoms with Crippen molar-refractivity contribution in [2.45, 2.75) is 38.5 Å². The molecule has 0 amide bonds. The van der Waals surface area contributed by atoms with Crippen LogP contribution in [0.2, 0.25) is 0 Å². The predicted molar refractivity (Wildman–Crippen MR) is 58.5 cm³/mol. The van der Waals surface area contributed by atoms with Crippen molar-refractivity contribution in [3.63, 3.8) is 0 Å². The summed E-state index contributed by atoms with van der Waals surface area (Å²) >= 11 is 0. The van der Waals surface area contributed by atoms with Crippen LogP contribution in [0.5, 0.6) is 5.75 Å². The van der Waals surface area contributed by atoms with Gasteiger partial charge in [-0.25, -0.2) is 0 Å². The highest BCUT2D eigenvalue weighted by Crippen LogP contribution is 2.38. The first kappa shape index (κ1) is 9.57. The molecular formula is C13H18O. The van der Waals surface area contributed by atoms with E-state index >= 15 is 0 Å². The maximum absolute atomic E-state index is 9.75. The average Bonchev–Trinajstić information content (AvgIpc) is 2.18. The van der Waals surface area contributed by atoms with Crippen LogP contribution in [-0.2, 0) is 0 Å². The molecule has 1 aromatic carbocycles. The van der Waals surface area contributed by atoms with Crippen LogP contribution in [0.3, 0.4) is 0 Å². The number of phenols is 1. The molecule has 1 aliphatic carbocycles. The third-order valence-corrected chi connectivity index (χ3v) is 3.31. The molecule has 2 atom stereocenters. The maximum Gasteiger partial charge on any atom is 0.119 e. The lowest BCUT2D eigenvalue weighted by atomic mass is 9.78. The first-order valence-electron chi connectivity index (χ1n) is 5.55. The minimum atomic E-state index is 0.478. The van der Waals surface area contributed by atoms with E-state index in [4.69, 9.17) is 0 Å². The van der Waals surface area contributed by atoms with Gasteiger partial charge in [0.05, 0.1) is 0 Å². The fourth-order valence-electron chi connectivity index (χ4n) is 2.55. The molecule has 0 radical (unpaired) electrons. The summed E-state index contributed by atoms with van der Waals surface area (Å²) < 4.78 is 0. The largest absolute Gasteiger partial charge is 0.508 e. The van der Waals surface area contributed by atoms with Crippen molar-refractivity contribution in [2.75, 3.05) is 0 Å². The Bertz CT molecular complexity index is 306. The smallest absolute Gasteiger partial charge is 0.119 e. The monoisotopic (exact) mass is 190 g/mol. The van der Waals surface area contributed by atoms with Gasteiger partial charge in [0.1, 0.15) is 5.75 Å². The van der Waals surface area contributed by atoms with Crippen molar-refractivity contribution in [1.82, 2.24) is 0 Å². The summed E-state index contributed by atoms with van der Waals surface area (Å²) in [6.45, 7) is 2.31. The molecule has 1 aromatic rings. The minimum Gasteiger partial charge on any atom is -0.508 e. The maximum atomic E-state index is 9.75. The summed E-state index contributed by atoms with van der Waals surface area (Å²) in [6.07, 6.45) is 5.13. The standard InChI is InChI=1S/C13H18O/c1-10-5-4-6-11(9-10)12-7-2-3-8-13(12)14/h2-3,7-8,10-11,14H,4-6,9H2,1H3. The van der Waals surface area contributed by atoms with Gasteiger partial charge in [0.25, 0.3) is 0 Å². The molecule has 2 unspecified atom stereocenters. The topological polar surface area (TPSA) is 20.2 Å². The summed E-state index contributed by atoms with van der Waals surface area (Å²) in [5.74, 6) is 1.87. The number of benzene rings is 1. The van der Waals surface area contributed by atoms with Crippen LogP contribution in [0.4, 0.5) is 0 Å². The molecule has 0 bridgehead atoms. The molecule has 1 heteroatoms. The number of para-hydroxylation sites is 1. The predicted octanol–water partition coefficient (Wildman–Crippen LogP) is 3.69. The summed E-state index contributed by atoms with van der Waals surface area (Å²) in [7, 11) is 0. The third-order valence-electron chi connectivity index (χ3n) is 3.31. The van der Waals surface area contributed by atoms with Crippen molar-refractivity contribution in [1.29, 1.82) is 0 Å². The number of phenolic OH excluding ortho intramolecular Hbond substituents is 1. The summed E-state index contributed by atoms with van der Waals surface area (Å²) in [5.41, 5.74) is 1.15. The van der Waals surface area contributed by atoms with Gasteiger partial charge in [-0.1, -0.05) is 38.0 Å². The molecule has 0 saturated heterocycles. The quantitative estimate of drug-likeness (QED) is 0.716. The summed E-state index contributed by atoms with van der Waals surface area (Å²) in [6, 6.07) is 7.78. The molecule has 1 aliphatic rings. The van der Waals surface area contributed by atoms with Crippen LogP contribution in [0.1, 0.15) is 44.1 Å². The number of hydrogen-bond acceptors (Lipinski definition) is 1. The second-order valence-corrected chi connectivity index (χ2v) is 4.53. The Morgan fingerprint density at radius 1 is 1.21 bits per heavy atom. The Balaban J connectivity index is 2.18. The highest BCUT2D eigenvalue weighted by Gasteiger charge is 2.21. The highest BCUT2D eigenvalue weighted by atomic mass is 16.3.